The van der Waals surface area contributed by atoms with Crippen LogP contribution in [0.1, 0.15) is 44.1 Å². The second-order valence-corrected chi connectivity index (χ2v) is 6.02. The van der Waals surface area contributed by atoms with Crippen LogP contribution >= 0.6 is 0 Å². The summed E-state index contributed by atoms with van der Waals surface area (Å²) in [5, 5.41) is 3.10. The molecular weight excluding hydrogens is 260 g/mol. The van der Waals surface area contributed by atoms with E-state index < -0.39 is 0 Å². The molecule has 2 rings (SSSR count). The van der Waals surface area contributed by atoms with Crippen molar-refractivity contribution >= 4 is 5.91 Å². The van der Waals surface area contributed by atoms with E-state index >= 15 is 0 Å². The molecule has 1 heterocycles. The third kappa shape index (κ3) is 4.31. The monoisotopic (exact) mass is 288 g/mol. The maximum Gasteiger partial charge on any atom is 0.222 e. The van der Waals surface area contributed by atoms with Crippen LogP contribution in [-0.2, 0) is 4.79 Å². The molecule has 1 N–H and O–H groups in total. The number of hydrogen-bond acceptors (Lipinski definition) is 2. The van der Waals surface area contributed by atoms with Crippen molar-refractivity contribution in [3.63, 3.8) is 0 Å². The molecule has 1 amide bonds. The highest BCUT2D eigenvalue weighted by Crippen LogP contribution is 2.34. The van der Waals surface area contributed by atoms with Gasteiger partial charge in [-0.3, -0.25) is 4.79 Å². The molecule has 116 valence electrons. The Morgan fingerprint density at radius 1 is 1.33 bits per heavy atom. The lowest BCUT2D eigenvalue weighted by molar-refractivity contribution is -0.133. The molecule has 1 aliphatic rings. The maximum absolute atomic E-state index is 12.3. The third-order valence-electron chi connectivity index (χ3n) is 4.66. The van der Waals surface area contributed by atoms with Crippen LogP contribution < -0.4 is 5.32 Å². The minimum absolute atomic E-state index is 0.329. The van der Waals surface area contributed by atoms with Crippen LogP contribution in [0.15, 0.2) is 30.3 Å². The summed E-state index contributed by atoms with van der Waals surface area (Å²) >= 11 is 0. The van der Waals surface area contributed by atoms with Crippen LogP contribution in [0.4, 0.5) is 0 Å². The van der Waals surface area contributed by atoms with Crippen molar-refractivity contribution in [2.75, 3.05) is 26.7 Å². The number of piperidine rings is 1. The predicted molar refractivity (Wildman–Crippen MR) is 87.3 cm³/mol. The molecule has 0 aromatic heterocycles. The van der Waals surface area contributed by atoms with E-state index in [1.807, 2.05) is 7.05 Å². The van der Waals surface area contributed by atoms with Crippen molar-refractivity contribution in [3.05, 3.63) is 35.9 Å². The minimum Gasteiger partial charge on any atom is -0.342 e. The molecule has 0 saturated carbocycles. The Morgan fingerprint density at radius 3 is 2.76 bits per heavy atom. The van der Waals surface area contributed by atoms with Crippen LogP contribution in [-0.4, -0.2) is 37.5 Å². The summed E-state index contributed by atoms with van der Waals surface area (Å²) in [5.41, 5.74) is 1.44. The lowest BCUT2D eigenvalue weighted by Crippen LogP contribution is -2.43. The van der Waals surface area contributed by atoms with Crippen molar-refractivity contribution < 1.29 is 4.79 Å². The number of carbonyl (C=O) groups is 1. The van der Waals surface area contributed by atoms with E-state index in [0.29, 0.717) is 24.2 Å². The van der Waals surface area contributed by atoms with Gasteiger partial charge < -0.3 is 10.2 Å². The van der Waals surface area contributed by atoms with Crippen molar-refractivity contribution in [1.29, 1.82) is 0 Å². The Kier molecular flexibility index (Phi) is 6.24. The average molecular weight is 288 g/mol. The molecule has 1 aliphatic heterocycles. The Labute approximate surface area is 128 Å². The molecule has 0 spiro atoms. The van der Waals surface area contributed by atoms with Gasteiger partial charge in [0.05, 0.1) is 0 Å². The smallest absolute Gasteiger partial charge is 0.222 e. The van der Waals surface area contributed by atoms with Gasteiger partial charge in [0.2, 0.25) is 5.91 Å². The summed E-state index contributed by atoms with van der Waals surface area (Å²) in [6.45, 7) is 5.00. The van der Waals surface area contributed by atoms with E-state index in [-0.39, 0.29) is 0 Å². The number of rotatable bonds is 6. The Morgan fingerprint density at radius 2 is 2.10 bits per heavy atom. The SMILES string of the molecule is CCC1CN(C(=O)CCCNC)CCC1c1ccccc1. The van der Waals surface area contributed by atoms with Gasteiger partial charge in [-0.1, -0.05) is 43.7 Å². The number of nitrogens with one attached hydrogen (secondary N) is 1. The largest absolute Gasteiger partial charge is 0.342 e. The summed E-state index contributed by atoms with van der Waals surface area (Å²) in [6.07, 6.45) is 3.85. The van der Waals surface area contributed by atoms with Gasteiger partial charge >= 0.3 is 0 Å². The first kappa shape index (κ1) is 16.0. The molecule has 1 aromatic carbocycles. The zero-order valence-corrected chi connectivity index (χ0v) is 13.3. The van der Waals surface area contributed by atoms with Crippen LogP contribution in [0.25, 0.3) is 0 Å². The van der Waals surface area contributed by atoms with Crippen molar-refractivity contribution in [3.8, 4) is 0 Å². The lowest BCUT2D eigenvalue weighted by Gasteiger charge is -2.38. The van der Waals surface area contributed by atoms with Gasteiger partial charge in [0, 0.05) is 19.5 Å². The lowest BCUT2D eigenvalue weighted by atomic mass is 9.79. The van der Waals surface area contributed by atoms with Gasteiger partial charge in [0.25, 0.3) is 0 Å². The highest BCUT2D eigenvalue weighted by molar-refractivity contribution is 5.76. The first-order valence-electron chi connectivity index (χ1n) is 8.23. The fraction of sp³-hybridized carbons (Fsp3) is 0.611. The Hall–Kier alpha value is -1.35. The first-order valence-corrected chi connectivity index (χ1v) is 8.23. The van der Waals surface area contributed by atoms with Gasteiger partial charge in [-0.05, 0) is 43.8 Å². The molecule has 2 atom stereocenters. The van der Waals surface area contributed by atoms with E-state index in [9.17, 15) is 4.79 Å². The molecular formula is C18H28N2O. The zero-order chi connectivity index (χ0) is 15.1. The van der Waals surface area contributed by atoms with E-state index in [2.05, 4.69) is 47.5 Å². The van der Waals surface area contributed by atoms with Crippen molar-refractivity contribution in [2.45, 2.75) is 38.5 Å². The fourth-order valence-corrected chi connectivity index (χ4v) is 3.39. The normalized spacial score (nSPS) is 22.3. The number of amides is 1. The van der Waals surface area contributed by atoms with E-state index in [4.69, 9.17) is 0 Å². The number of likely N-dealkylation sites (tertiary alicyclic amines) is 1. The quantitative estimate of drug-likeness (QED) is 0.816. The van der Waals surface area contributed by atoms with Crippen LogP contribution in [0.2, 0.25) is 0 Å². The highest BCUT2D eigenvalue weighted by Gasteiger charge is 2.30. The molecule has 1 saturated heterocycles. The molecule has 21 heavy (non-hydrogen) atoms. The molecule has 2 unspecified atom stereocenters. The molecule has 0 bridgehead atoms. The fourth-order valence-electron chi connectivity index (χ4n) is 3.39. The Bertz CT molecular complexity index is 432. The van der Waals surface area contributed by atoms with Crippen LogP contribution in [0.3, 0.4) is 0 Å². The average Bonchev–Trinajstić information content (AvgIpc) is 2.55. The maximum atomic E-state index is 12.3. The molecule has 3 heteroatoms. The van der Waals surface area contributed by atoms with Crippen LogP contribution in [0, 0.1) is 5.92 Å². The molecule has 3 nitrogen and oxygen atoms in total. The second-order valence-electron chi connectivity index (χ2n) is 6.02. The van der Waals surface area contributed by atoms with Gasteiger partial charge in [-0.25, -0.2) is 0 Å². The molecule has 0 radical (unpaired) electrons. The second kappa shape index (κ2) is 8.18. The van der Waals surface area contributed by atoms with Crippen molar-refractivity contribution in [2.24, 2.45) is 5.92 Å². The van der Waals surface area contributed by atoms with Gasteiger partial charge in [-0.15, -0.1) is 0 Å². The topological polar surface area (TPSA) is 32.3 Å². The first-order chi connectivity index (χ1) is 10.3. The number of benzene rings is 1. The molecule has 1 fully saturated rings. The van der Waals surface area contributed by atoms with Gasteiger partial charge in [0.1, 0.15) is 0 Å². The summed E-state index contributed by atoms with van der Waals surface area (Å²) < 4.78 is 0. The number of hydrogen-bond donors (Lipinski definition) is 1. The highest BCUT2D eigenvalue weighted by atomic mass is 16.2. The predicted octanol–water partition coefficient (Wildman–Crippen LogP) is 3.03. The van der Waals surface area contributed by atoms with E-state index in [0.717, 1.165) is 38.9 Å². The standard InChI is InChI=1S/C18H28N2O/c1-3-15-14-20(18(21)10-7-12-19-2)13-11-17(15)16-8-5-4-6-9-16/h4-6,8-9,15,17,19H,3,7,10-14H2,1-2H3. The molecule has 0 aliphatic carbocycles. The van der Waals surface area contributed by atoms with E-state index in [1.54, 1.807) is 0 Å². The summed E-state index contributed by atoms with van der Waals surface area (Å²) in [5.74, 6) is 1.53. The molecule has 1 aromatic rings. The summed E-state index contributed by atoms with van der Waals surface area (Å²) in [4.78, 5) is 14.4. The third-order valence-corrected chi connectivity index (χ3v) is 4.66. The minimum atomic E-state index is 0.329. The van der Waals surface area contributed by atoms with Crippen LogP contribution in [0.5, 0.6) is 0 Å². The van der Waals surface area contributed by atoms with E-state index in [1.165, 1.54) is 5.56 Å². The number of carbonyl (C=O) groups excluding carboxylic acids is 1. The van der Waals surface area contributed by atoms with Gasteiger partial charge in [-0.2, -0.15) is 0 Å². The summed E-state index contributed by atoms with van der Waals surface area (Å²) in [7, 11) is 1.93. The number of nitrogens with zero attached hydrogens (tertiary/aromatic N) is 1. The summed E-state index contributed by atoms with van der Waals surface area (Å²) in [6, 6.07) is 10.8. The zero-order valence-electron chi connectivity index (χ0n) is 13.3. The van der Waals surface area contributed by atoms with Crippen molar-refractivity contribution in [1.82, 2.24) is 10.2 Å². The Balaban J connectivity index is 1.93. The van der Waals surface area contributed by atoms with Gasteiger partial charge in [0.15, 0.2) is 0 Å².